The first-order chi connectivity index (χ1) is 15.7. The average Bonchev–Trinajstić information content (AvgIpc) is 3.31. The summed E-state index contributed by atoms with van der Waals surface area (Å²) in [6.07, 6.45) is 18.0. The Balaban J connectivity index is 1.15. The Kier molecular flexibility index (Phi) is 8.17. The topological polar surface area (TPSA) is 45.2 Å². The lowest BCUT2D eigenvalue weighted by Gasteiger charge is -2.18. The first kappa shape index (κ1) is 22.8. The van der Waals surface area contributed by atoms with Crippen molar-refractivity contribution in [2.24, 2.45) is 17.8 Å². The van der Waals surface area contributed by atoms with Crippen LogP contribution in [0, 0.1) is 24.7 Å². The summed E-state index contributed by atoms with van der Waals surface area (Å²) in [5.74, 6) is 2.49. The first-order valence-electron chi connectivity index (χ1n) is 12.4. The predicted molar refractivity (Wildman–Crippen MR) is 134 cm³/mol. The van der Waals surface area contributed by atoms with Gasteiger partial charge in [0, 0.05) is 18.7 Å². The van der Waals surface area contributed by atoms with Gasteiger partial charge in [0.25, 0.3) is 0 Å². The minimum Gasteiger partial charge on any atom is -0.392 e. The summed E-state index contributed by atoms with van der Waals surface area (Å²) in [5.41, 5.74) is 4.36. The van der Waals surface area contributed by atoms with Crippen molar-refractivity contribution >= 4 is 5.82 Å². The highest BCUT2D eigenvalue weighted by molar-refractivity contribution is 5.32. The van der Waals surface area contributed by atoms with Gasteiger partial charge in [0.15, 0.2) is 0 Å². The fourth-order valence-electron chi connectivity index (χ4n) is 5.50. The average molecular weight is 431 g/mol. The molecule has 3 heteroatoms. The summed E-state index contributed by atoms with van der Waals surface area (Å²) in [4.78, 5) is 4.30. The Labute approximate surface area is 193 Å². The summed E-state index contributed by atoms with van der Waals surface area (Å²) in [6, 6.07) is 14.8. The zero-order chi connectivity index (χ0) is 22.2. The minimum absolute atomic E-state index is 0.171. The molecule has 2 N–H and O–H groups in total. The molecule has 0 aliphatic heterocycles. The summed E-state index contributed by atoms with van der Waals surface area (Å²) >= 11 is 0. The number of fused-ring (bicyclic) bond motifs is 1. The molecule has 0 radical (unpaired) electrons. The zero-order valence-electron chi connectivity index (χ0n) is 19.4. The molecule has 1 aromatic heterocycles. The highest BCUT2D eigenvalue weighted by Crippen LogP contribution is 2.48. The maximum atomic E-state index is 10.6. The molecule has 2 aliphatic carbocycles. The largest absolute Gasteiger partial charge is 0.392 e. The van der Waals surface area contributed by atoms with E-state index in [1.807, 2.05) is 24.4 Å². The Morgan fingerprint density at radius 2 is 2.03 bits per heavy atom. The number of aryl methyl sites for hydroxylation is 2. The molecular weight excluding hydrogens is 392 g/mol. The van der Waals surface area contributed by atoms with E-state index in [-0.39, 0.29) is 6.10 Å². The van der Waals surface area contributed by atoms with Crippen molar-refractivity contribution in [1.29, 1.82) is 0 Å². The molecule has 0 saturated heterocycles. The van der Waals surface area contributed by atoms with E-state index in [1.54, 1.807) is 5.57 Å². The number of anilines is 1. The lowest BCUT2D eigenvalue weighted by molar-refractivity contribution is 0.141. The Morgan fingerprint density at radius 1 is 1.09 bits per heavy atom. The van der Waals surface area contributed by atoms with E-state index in [1.165, 1.54) is 43.2 Å². The number of unbranched alkanes of at least 4 members (excludes halogenated alkanes) is 2. The highest BCUT2D eigenvalue weighted by atomic mass is 16.3. The molecule has 1 saturated carbocycles. The van der Waals surface area contributed by atoms with Crippen molar-refractivity contribution in [2.45, 2.75) is 64.4 Å². The molecule has 3 nitrogen and oxygen atoms in total. The van der Waals surface area contributed by atoms with E-state index in [9.17, 15) is 5.11 Å². The molecule has 32 heavy (non-hydrogen) atoms. The van der Waals surface area contributed by atoms with Crippen LogP contribution in [0.4, 0.5) is 5.82 Å². The molecule has 1 fully saturated rings. The number of hydrogen-bond acceptors (Lipinski definition) is 3. The SMILES string of the molecule is Cc1cccc(CCC=C[C@@H]2[C@H]3CC(CCCCCNc4ccccn4)=C[C@H]3C[C@H]2O)c1. The number of hydrogen-bond donors (Lipinski definition) is 2. The number of pyridine rings is 1. The van der Waals surface area contributed by atoms with Crippen LogP contribution in [0.2, 0.25) is 0 Å². The van der Waals surface area contributed by atoms with Gasteiger partial charge in [0.1, 0.15) is 5.82 Å². The van der Waals surface area contributed by atoms with E-state index in [0.29, 0.717) is 17.8 Å². The number of benzene rings is 1. The number of nitrogens with zero attached hydrogens (tertiary/aromatic N) is 1. The van der Waals surface area contributed by atoms with Gasteiger partial charge in [-0.3, -0.25) is 0 Å². The van der Waals surface area contributed by atoms with Crippen LogP contribution in [-0.4, -0.2) is 22.7 Å². The van der Waals surface area contributed by atoms with Crippen molar-refractivity contribution < 1.29 is 5.11 Å². The molecule has 2 aliphatic rings. The number of aliphatic hydroxyl groups is 1. The van der Waals surface area contributed by atoms with Crippen molar-refractivity contribution in [3.8, 4) is 0 Å². The van der Waals surface area contributed by atoms with Crippen LogP contribution >= 0.6 is 0 Å². The maximum Gasteiger partial charge on any atom is 0.125 e. The number of rotatable bonds is 11. The van der Waals surface area contributed by atoms with Gasteiger partial charge in [0.2, 0.25) is 0 Å². The quantitative estimate of drug-likeness (QED) is 0.316. The molecule has 1 aromatic carbocycles. The number of aliphatic hydroxyl groups excluding tert-OH is 1. The van der Waals surface area contributed by atoms with Crippen LogP contribution in [0.1, 0.15) is 56.1 Å². The Morgan fingerprint density at radius 3 is 2.88 bits per heavy atom. The summed E-state index contributed by atoms with van der Waals surface area (Å²) in [5, 5.41) is 14.0. The minimum atomic E-state index is -0.171. The summed E-state index contributed by atoms with van der Waals surface area (Å²) < 4.78 is 0. The molecule has 0 spiro atoms. The number of aromatic nitrogens is 1. The van der Waals surface area contributed by atoms with E-state index in [2.05, 4.69) is 59.7 Å². The van der Waals surface area contributed by atoms with Crippen LogP contribution < -0.4 is 5.32 Å². The smallest absolute Gasteiger partial charge is 0.125 e. The molecule has 4 atom stereocenters. The van der Waals surface area contributed by atoms with Crippen molar-refractivity contribution in [3.63, 3.8) is 0 Å². The van der Waals surface area contributed by atoms with E-state index < -0.39 is 0 Å². The number of allylic oxidation sites excluding steroid dienone is 3. The standard InChI is InChI=1S/C29H38N2O/c1-22-10-9-13-23(18-22)11-4-5-14-26-27-20-24(19-25(27)21-28(26)32)12-3-2-7-16-30-29-15-6-8-17-31-29/h5-6,8-10,13-15,17-19,25-28,32H,2-4,7,11-12,16,20-21H2,1H3,(H,30,31)/t25-,26+,27-,28+/m0/s1. The third-order valence-electron chi connectivity index (χ3n) is 7.14. The third kappa shape index (κ3) is 6.32. The van der Waals surface area contributed by atoms with Crippen LogP contribution in [0.5, 0.6) is 0 Å². The second-order valence-electron chi connectivity index (χ2n) is 9.65. The van der Waals surface area contributed by atoms with Gasteiger partial charge >= 0.3 is 0 Å². The second kappa shape index (κ2) is 11.5. The van der Waals surface area contributed by atoms with Crippen molar-refractivity contribution in [1.82, 2.24) is 4.98 Å². The van der Waals surface area contributed by atoms with Crippen LogP contribution in [-0.2, 0) is 6.42 Å². The zero-order valence-corrected chi connectivity index (χ0v) is 19.4. The van der Waals surface area contributed by atoms with Gasteiger partial charge < -0.3 is 10.4 Å². The lowest BCUT2D eigenvalue weighted by Crippen LogP contribution is -2.17. The molecule has 0 amide bonds. The molecular formula is C29H38N2O. The fraction of sp³-hybridized carbons (Fsp3) is 0.483. The number of nitrogens with one attached hydrogen (secondary N) is 1. The fourth-order valence-corrected chi connectivity index (χ4v) is 5.50. The first-order valence-corrected chi connectivity index (χ1v) is 12.4. The Bertz CT molecular complexity index is 904. The third-order valence-corrected chi connectivity index (χ3v) is 7.14. The van der Waals surface area contributed by atoms with Gasteiger partial charge in [-0.25, -0.2) is 4.98 Å². The second-order valence-corrected chi connectivity index (χ2v) is 9.65. The van der Waals surface area contributed by atoms with Gasteiger partial charge in [-0.15, -0.1) is 0 Å². The lowest BCUT2D eigenvalue weighted by atomic mass is 9.88. The van der Waals surface area contributed by atoms with E-state index >= 15 is 0 Å². The van der Waals surface area contributed by atoms with Gasteiger partial charge in [0.05, 0.1) is 6.10 Å². The Hall–Kier alpha value is -2.39. The highest BCUT2D eigenvalue weighted by Gasteiger charge is 2.42. The van der Waals surface area contributed by atoms with Gasteiger partial charge in [-0.05, 0) is 81.4 Å². The van der Waals surface area contributed by atoms with E-state index in [0.717, 1.165) is 31.6 Å². The van der Waals surface area contributed by atoms with Crippen LogP contribution in [0.15, 0.2) is 72.5 Å². The van der Waals surface area contributed by atoms with Crippen LogP contribution in [0.25, 0.3) is 0 Å². The predicted octanol–water partition coefficient (Wildman–Crippen LogP) is 6.49. The summed E-state index contributed by atoms with van der Waals surface area (Å²) in [7, 11) is 0. The van der Waals surface area contributed by atoms with E-state index in [4.69, 9.17) is 0 Å². The van der Waals surface area contributed by atoms with Crippen molar-refractivity contribution in [2.75, 3.05) is 11.9 Å². The molecule has 0 unspecified atom stereocenters. The van der Waals surface area contributed by atoms with Crippen molar-refractivity contribution in [3.05, 3.63) is 83.6 Å². The monoisotopic (exact) mass is 430 g/mol. The molecule has 1 heterocycles. The summed E-state index contributed by atoms with van der Waals surface area (Å²) in [6.45, 7) is 3.14. The molecule has 0 bridgehead atoms. The van der Waals surface area contributed by atoms with Crippen LogP contribution in [0.3, 0.4) is 0 Å². The normalized spacial score (nSPS) is 24.6. The molecule has 2 aromatic rings. The van der Waals surface area contributed by atoms with Gasteiger partial charge in [-0.2, -0.15) is 0 Å². The molecule has 170 valence electrons. The maximum absolute atomic E-state index is 10.6. The van der Waals surface area contributed by atoms with Gasteiger partial charge in [-0.1, -0.05) is 66.1 Å². The molecule has 4 rings (SSSR count).